The van der Waals surface area contributed by atoms with Gasteiger partial charge in [-0.05, 0) is 67.1 Å². The van der Waals surface area contributed by atoms with Crippen molar-refractivity contribution in [2.45, 2.75) is 19.8 Å². The molecule has 0 aliphatic rings. The average Bonchev–Trinajstić information content (AvgIpc) is 2.87. The van der Waals surface area contributed by atoms with Crippen LogP contribution < -0.4 is 14.8 Å². The van der Waals surface area contributed by atoms with Crippen molar-refractivity contribution in [2.24, 2.45) is 0 Å². The molecule has 1 N–H and O–H groups in total. The van der Waals surface area contributed by atoms with Crippen LogP contribution in [0.15, 0.2) is 54.6 Å². The fraction of sp³-hybridized carbons (Fsp3) is 0.231. The minimum atomic E-state index is -0.334. The molecular weight excluding hydrogens is 439 g/mol. The molecule has 7 nitrogen and oxygen atoms in total. The topological polar surface area (TPSA) is 94.6 Å². The average molecular weight is 464 g/mol. The molecule has 0 spiro atoms. The third-order valence-electron chi connectivity index (χ3n) is 5.20. The Labute approximate surface area is 196 Å². The molecule has 2 aromatic carbocycles. The lowest BCUT2D eigenvalue weighted by atomic mass is 10.0. The maximum absolute atomic E-state index is 13.7. The van der Waals surface area contributed by atoms with Crippen LogP contribution in [-0.4, -0.2) is 43.2 Å². The highest BCUT2D eigenvalue weighted by Gasteiger charge is 2.16. The zero-order valence-electron chi connectivity index (χ0n) is 19.2. The number of nitrogens with zero attached hydrogens (tertiary/aromatic N) is 1. The van der Waals surface area contributed by atoms with Crippen molar-refractivity contribution in [3.05, 3.63) is 77.2 Å². The number of hydrogen-bond acceptors (Lipinski definition) is 6. The van der Waals surface area contributed by atoms with E-state index >= 15 is 0 Å². The standard InChI is InChI=1S/C26H25FN2O5/c1-16-14-18(6-9-20(16)27)26-24(33-3)13-10-21(29-26)23(31)12-11-22(30)17-4-7-19(8-5-17)34-15-25(32)28-2/h4-10,13-14H,11-12,15H2,1-3H3,(H,28,32). The number of carbonyl (C=O) groups excluding carboxylic acids is 3. The van der Waals surface area contributed by atoms with Gasteiger partial charge in [0.1, 0.15) is 28.7 Å². The van der Waals surface area contributed by atoms with Gasteiger partial charge in [0, 0.05) is 31.0 Å². The van der Waals surface area contributed by atoms with E-state index in [0.717, 1.165) is 0 Å². The Morgan fingerprint density at radius 2 is 1.68 bits per heavy atom. The zero-order chi connectivity index (χ0) is 24.7. The Morgan fingerprint density at radius 1 is 0.971 bits per heavy atom. The first kappa shape index (κ1) is 24.6. The molecule has 1 heterocycles. The maximum atomic E-state index is 13.7. The molecule has 0 saturated carbocycles. The van der Waals surface area contributed by atoms with Gasteiger partial charge in [-0.15, -0.1) is 0 Å². The summed E-state index contributed by atoms with van der Waals surface area (Å²) < 4.78 is 24.3. The third-order valence-corrected chi connectivity index (χ3v) is 5.20. The van der Waals surface area contributed by atoms with Crippen LogP contribution in [0, 0.1) is 12.7 Å². The molecule has 3 rings (SSSR count). The van der Waals surface area contributed by atoms with E-state index in [9.17, 15) is 18.8 Å². The van der Waals surface area contributed by atoms with Crippen LogP contribution >= 0.6 is 0 Å². The van der Waals surface area contributed by atoms with E-state index in [4.69, 9.17) is 9.47 Å². The molecule has 34 heavy (non-hydrogen) atoms. The minimum Gasteiger partial charge on any atom is -0.494 e. The first-order valence-corrected chi connectivity index (χ1v) is 10.6. The Bertz CT molecular complexity index is 1210. The molecule has 3 aromatic rings. The molecule has 0 bridgehead atoms. The number of aromatic nitrogens is 1. The van der Waals surface area contributed by atoms with Crippen molar-refractivity contribution >= 4 is 17.5 Å². The summed E-state index contributed by atoms with van der Waals surface area (Å²) in [5.41, 5.74) is 2.14. The lowest BCUT2D eigenvalue weighted by Gasteiger charge is -2.11. The Hall–Kier alpha value is -4.07. The van der Waals surface area contributed by atoms with Crippen LogP contribution in [-0.2, 0) is 4.79 Å². The van der Waals surface area contributed by atoms with Crippen molar-refractivity contribution < 1.29 is 28.2 Å². The first-order valence-electron chi connectivity index (χ1n) is 10.6. The second-order valence-corrected chi connectivity index (χ2v) is 7.54. The number of rotatable bonds is 10. The van der Waals surface area contributed by atoms with E-state index in [1.54, 1.807) is 55.5 Å². The van der Waals surface area contributed by atoms with Crippen LogP contribution in [0.1, 0.15) is 39.3 Å². The van der Waals surface area contributed by atoms with Crippen molar-refractivity contribution in [1.29, 1.82) is 0 Å². The highest BCUT2D eigenvalue weighted by atomic mass is 19.1. The molecule has 0 unspecified atom stereocenters. The Kier molecular flexibility index (Phi) is 8.08. The van der Waals surface area contributed by atoms with Gasteiger partial charge in [-0.3, -0.25) is 14.4 Å². The summed E-state index contributed by atoms with van der Waals surface area (Å²) in [7, 11) is 3.01. The number of ether oxygens (including phenoxy) is 2. The second kappa shape index (κ2) is 11.2. The lowest BCUT2D eigenvalue weighted by molar-refractivity contribution is -0.122. The molecule has 1 amide bonds. The Balaban J connectivity index is 1.67. The highest BCUT2D eigenvalue weighted by molar-refractivity contribution is 6.01. The summed E-state index contributed by atoms with van der Waals surface area (Å²) in [4.78, 5) is 40.9. The van der Waals surface area contributed by atoms with Gasteiger partial charge in [-0.25, -0.2) is 9.37 Å². The van der Waals surface area contributed by atoms with Gasteiger partial charge in [-0.2, -0.15) is 0 Å². The number of methoxy groups -OCH3 is 1. The summed E-state index contributed by atoms with van der Waals surface area (Å²) in [6.45, 7) is 1.53. The molecule has 0 fully saturated rings. The third kappa shape index (κ3) is 6.04. The van der Waals surface area contributed by atoms with Gasteiger partial charge < -0.3 is 14.8 Å². The van der Waals surface area contributed by atoms with E-state index in [-0.39, 0.29) is 48.4 Å². The zero-order valence-corrected chi connectivity index (χ0v) is 19.2. The van der Waals surface area contributed by atoms with Gasteiger partial charge in [0.2, 0.25) is 0 Å². The van der Waals surface area contributed by atoms with Crippen molar-refractivity contribution in [3.8, 4) is 22.8 Å². The fourth-order valence-electron chi connectivity index (χ4n) is 3.22. The second-order valence-electron chi connectivity index (χ2n) is 7.54. The smallest absolute Gasteiger partial charge is 0.257 e. The van der Waals surface area contributed by atoms with Gasteiger partial charge in [0.15, 0.2) is 18.2 Å². The first-order chi connectivity index (χ1) is 16.3. The van der Waals surface area contributed by atoms with Crippen LogP contribution in [0.3, 0.4) is 0 Å². The number of ketones is 2. The molecule has 1 aromatic heterocycles. The fourth-order valence-corrected chi connectivity index (χ4v) is 3.22. The van der Waals surface area contributed by atoms with Crippen molar-refractivity contribution in [3.63, 3.8) is 0 Å². The summed E-state index contributed by atoms with van der Waals surface area (Å²) in [6.07, 6.45) is -0.00898. The number of benzene rings is 2. The molecule has 0 radical (unpaired) electrons. The number of likely N-dealkylation sites (N-methyl/N-ethyl adjacent to an activating group) is 1. The number of Topliss-reactive ketones (excluding diaryl/α,β-unsaturated/α-hetero) is 2. The summed E-state index contributed by atoms with van der Waals surface area (Å²) >= 11 is 0. The molecule has 0 aliphatic carbocycles. The number of nitrogens with one attached hydrogen (secondary N) is 1. The number of amides is 1. The van der Waals surface area contributed by atoms with Gasteiger partial charge >= 0.3 is 0 Å². The predicted octanol–water partition coefficient (Wildman–Crippen LogP) is 4.18. The number of aryl methyl sites for hydroxylation is 1. The lowest BCUT2D eigenvalue weighted by Crippen LogP contribution is -2.24. The summed E-state index contributed by atoms with van der Waals surface area (Å²) in [5, 5.41) is 2.45. The van der Waals surface area contributed by atoms with E-state index in [1.165, 1.54) is 20.2 Å². The van der Waals surface area contributed by atoms with Gasteiger partial charge in [0.05, 0.1) is 7.11 Å². The maximum Gasteiger partial charge on any atom is 0.257 e. The summed E-state index contributed by atoms with van der Waals surface area (Å²) in [5.74, 6) is -0.168. The number of hydrogen-bond donors (Lipinski definition) is 1. The van der Waals surface area contributed by atoms with E-state index in [2.05, 4.69) is 10.3 Å². The van der Waals surface area contributed by atoms with E-state index < -0.39 is 0 Å². The largest absolute Gasteiger partial charge is 0.494 e. The SMILES string of the molecule is CNC(=O)COc1ccc(C(=O)CCC(=O)c2ccc(OC)c(-c3ccc(F)c(C)c3)n2)cc1. The monoisotopic (exact) mass is 464 g/mol. The number of carbonyl (C=O) groups is 3. The molecular formula is C26H25FN2O5. The van der Waals surface area contributed by atoms with Gasteiger partial charge in [0.25, 0.3) is 5.91 Å². The van der Waals surface area contributed by atoms with Crippen LogP contribution in [0.4, 0.5) is 4.39 Å². The van der Waals surface area contributed by atoms with E-state index in [1.807, 2.05) is 0 Å². The molecule has 0 atom stereocenters. The van der Waals surface area contributed by atoms with Crippen molar-refractivity contribution in [1.82, 2.24) is 10.3 Å². The van der Waals surface area contributed by atoms with Crippen LogP contribution in [0.5, 0.6) is 11.5 Å². The van der Waals surface area contributed by atoms with E-state index in [0.29, 0.717) is 33.9 Å². The Morgan fingerprint density at radius 3 is 2.32 bits per heavy atom. The quantitative estimate of drug-likeness (QED) is 0.453. The van der Waals surface area contributed by atoms with Crippen LogP contribution in [0.2, 0.25) is 0 Å². The molecule has 0 aliphatic heterocycles. The van der Waals surface area contributed by atoms with Crippen LogP contribution in [0.25, 0.3) is 11.3 Å². The normalized spacial score (nSPS) is 10.5. The summed E-state index contributed by atoms with van der Waals surface area (Å²) in [6, 6.07) is 14.1. The predicted molar refractivity (Wildman–Crippen MR) is 125 cm³/mol. The molecule has 0 saturated heterocycles. The molecule has 8 heteroatoms. The number of halogens is 1. The molecule has 176 valence electrons. The van der Waals surface area contributed by atoms with Crippen molar-refractivity contribution in [2.75, 3.05) is 20.8 Å². The number of pyridine rings is 1. The van der Waals surface area contributed by atoms with Gasteiger partial charge in [-0.1, -0.05) is 0 Å². The highest BCUT2D eigenvalue weighted by Crippen LogP contribution is 2.29. The minimum absolute atomic E-state index is 0.00990.